The van der Waals surface area contributed by atoms with Crippen LogP contribution in [0.3, 0.4) is 0 Å². The lowest BCUT2D eigenvalue weighted by Gasteiger charge is -2.06. The summed E-state index contributed by atoms with van der Waals surface area (Å²) in [5.74, 6) is 0.958. The molecule has 1 aromatic carbocycles. The van der Waals surface area contributed by atoms with Crippen LogP contribution in [-0.4, -0.2) is 17.0 Å². The van der Waals surface area contributed by atoms with Gasteiger partial charge in [0.15, 0.2) is 0 Å². The van der Waals surface area contributed by atoms with Gasteiger partial charge in [-0.05, 0) is 31.2 Å². The highest BCUT2D eigenvalue weighted by molar-refractivity contribution is 5.46. The lowest BCUT2D eigenvalue weighted by atomic mass is 10.2. The number of pyridine rings is 1. The van der Waals surface area contributed by atoms with E-state index in [9.17, 15) is 10.1 Å². The number of rotatable bonds is 4. The monoisotopic (exact) mass is 259 g/mol. The quantitative estimate of drug-likeness (QED) is 0.674. The van der Waals surface area contributed by atoms with E-state index in [0.29, 0.717) is 17.2 Å². The van der Waals surface area contributed by atoms with Crippen molar-refractivity contribution in [3.05, 3.63) is 52.2 Å². The van der Waals surface area contributed by atoms with E-state index in [1.807, 2.05) is 19.2 Å². The van der Waals surface area contributed by atoms with Crippen molar-refractivity contribution in [2.75, 3.05) is 12.4 Å². The highest BCUT2D eigenvalue weighted by atomic mass is 16.6. The molecule has 1 heterocycles. The van der Waals surface area contributed by atoms with E-state index in [-0.39, 0.29) is 5.69 Å². The zero-order valence-electron chi connectivity index (χ0n) is 10.6. The van der Waals surface area contributed by atoms with Crippen molar-refractivity contribution in [3.63, 3.8) is 0 Å². The fraction of sp³-hybridized carbons (Fsp3) is 0.154. The lowest BCUT2D eigenvalue weighted by Crippen LogP contribution is -1.95. The van der Waals surface area contributed by atoms with Crippen LogP contribution in [-0.2, 0) is 0 Å². The molecule has 0 spiro atoms. The van der Waals surface area contributed by atoms with Crippen molar-refractivity contribution >= 4 is 11.4 Å². The largest absolute Gasteiger partial charge is 0.439 e. The molecular weight excluding hydrogens is 246 g/mol. The Bertz CT molecular complexity index is 597. The van der Waals surface area contributed by atoms with Gasteiger partial charge in [-0.25, -0.2) is 4.98 Å². The van der Waals surface area contributed by atoms with E-state index in [0.717, 1.165) is 5.69 Å². The normalized spacial score (nSPS) is 10.0. The third kappa shape index (κ3) is 2.98. The third-order valence-electron chi connectivity index (χ3n) is 2.62. The van der Waals surface area contributed by atoms with Crippen LogP contribution < -0.4 is 10.1 Å². The first kappa shape index (κ1) is 12.8. The van der Waals surface area contributed by atoms with E-state index in [4.69, 9.17) is 4.74 Å². The molecule has 98 valence electrons. The first-order valence-corrected chi connectivity index (χ1v) is 5.67. The predicted octanol–water partition coefficient (Wildman–Crippen LogP) is 3.13. The second-order valence-electron chi connectivity index (χ2n) is 3.94. The number of hydrogen-bond donors (Lipinski definition) is 1. The predicted molar refractivity (Wildman–Crippen MR) is 71.7 cm³/mol. The molecule has 0 unspecified atom stereocenters. The summed E-state index contributed by atoms with van der Waals surface area (Å²) in [4.78, 5) is 14.1. The van der Waals surface area contributed by atoms with Gasteiger partial charge in [-0.1, -0.05) is 0 Å². The maximum atomic E-state index is 10.7. The first-order valence-electron chi connectivity index (χ1n) is 5.67. The highest BCUT2D eigenvalue weighted by Gasteiger charge is 2.12. The Balaban J connectivity index is 2.18. The Kier molecular flexibility index (Phi) is 3.61. The molecule has 19 heavy (non-hydrogen) atoms. The number of benzene rings is 1. The Hall–Kier alpha value is -2.63. The minimum atomic E-state index is -0.464. The van der Waals surface area contributed by atoms with Crippen molar-refractivity contribution in [3.8, 4) is 11.6 Å². The summed E-state index contributed by atoms with van der Waals surface area (Å²) in [7, 11) is 1.83. The molecule has 0 aliphatic heterocycles. The Morgan fingerprint density at radius 3 is 2.53 bits per heavy atom. The van der Waals surface area contributed by atoms with Crippen LogP contribution in [0.1, 0.15) is 5.56 Å². The molecule has 0 aliphatic carbocycles. The van der Waals surface area contributed by atoms with Crippen molar-refractivity contribution < 1.29 is 9.66 Å². The molecule has 0 atom stereocenters. The molecule has 0 saturated heterocycles. The summed E-state index contributed by atoms with van der Waals surface area (Å²) < 4.78 is 5.53. The number of hydrogen-bond acceptors (Lipinski definition) is 5. The zero-order valence-corrected chi connectivity index (χ0v) is 10.6. The van der Waals surface area contributed by atoms with Gasteiger partial charge in [0.05, 0.1) is 4.92 Å². The van der Waals surface area contributed by atoms with Gasteiger partial charge in [0.2, 0.25) is 5.88 Å². The van der Waals surface area contributed by atoms with Gasteiger partial charge in [0.1, 0.15) is 11.9 Å². The molecule has 2 aromatic rings. The smallest absolute Gasteiger partial charge is 0.290 e. The molecule has 6 heteroatoms. The van der Waals surface area contributed by atoms with Crippen molar-refractivity contribution in [1.82, 2.24) is 4.98 Å². The molecule has 1 aromatic heterocycles. The van der Waals surface area contributed by atoms with Crippen LogP contribution in [0.4, 0.5) is 11.4 Å². The second-order valence-corrected chi connectivity index (χ2v) is 3.94. The molecule has 0 saturated carbocycles. The second kappa shape index (κ2) is 5.34. The maximum Gasteiger partial charge on any atom is 0.290 e. The zero-order chi connectivity index (χ0) is 13.8. The number of nitro groups is 1. The van der Waals surface area contributed by atoms with E-state index < -0.39 is 4.92 Å². The maximum absolute atomic E-state index is 10.7. The Morgan fingerprint density at radius 2 is 2.00 bits per heavy atom. The number of nitrogens with zero attached hydrogens (tertiary/aromatic N) is 2. The fourth-order valence-corrected chi connectivity index (χ4v) is 1.58. The van der Waals surface area contributed by atoms with Crippen molar-refractivity contribution in [1.29, 1.82) is 0 Å². The average Bonchev–Trinajstić information content (AvgIpc) is 2.39. The Labute approximate surface area is 110 Å². The summed E-state index contributed by atoms with van der Waals surface area (Å²) in [6, 6.07) is 8.87. The number of ether oxygens (including phenoxy) is 1. The number of aryl methyl sites for hydroxylation is 1. The van der Waals surface area contributed by atoms with Crippen LogP contribution in [0.25, 0.3) is 0 Å². The summed E-state index contributed by atoms with van der Waals surface area (Å²) in [6.07, 6.45) is 1.20. The van der Waals surface area contributed by atoms with E-state index in [2.05, 4.69) is 10.3 Å². The molecule has 0 fully saturated rings. The minimum Gasteiger partial charge on any atom is -0.439 e. The van der Waals surface area contributed by atoms with Gasteiger partial charge in [-0.2, -0.15) is 0 Å². The summed E-state index contributed by atoms with van der Waals surface area (Å²) >= 11 is 0. The van der Waals surface area contributed by atoms with Crippen LogP contribution >= 0.6 is 0 Å². The van der Waals surface area contributed by atoms with Crippen LogP contribution in [0.2, 0.25) is 0 Å². The highest BCUT2D eigenvalue weighted by Crippen LogP contribution is 2.25. The van der Waals surface area contributed by atoms with Crippen LogP contribution in [0.5, 0.6) is 11.6 Å². The van der Waals surface area contributed by atoms with Gasteiger partial charge in [-0.3, -0.25) is 10.1 Å². The molecule has 0 radical (unpaired) electrons. The molecule has 2 rings (SSSR count). The van der Waals surface area contributed by atoms with Gasteiger partial charge < -0.3 is 10.1 Å². The van der Waals surface area contributed by atoms with Gasteiger partial charge in [0.25, 0.3) is 5.69 Å². The lowest BCUT2D eigenvalue weighted by molar-refractivity contribution is -0.385. The third-order valence-corrected chi connectivity index (χ3v) is 2.62. The molecule has 0 amide bonds. The standard InChI is InChI=1S/C13H13N3O3/c1-9-7-13(15-8-12(9)16(17)18)19-11-5-3-10(14-2)4-6-11/h3-8,14H,1-2H3. The summed E-state index contributed by atoms with van der Waals surface area (Å²) in [5, 5.41) is 13.7. The van der Waals surface area contributed by atoms with E-state index >= 15 is 0 Å². The Morgan fingerprint density at radius 1 is 1.32 bits per heavy atom. The van der Waals surface area contributed by atoms with Crippen molar-refractivity contribution in [2.45, 2.75) is 6.92 Å². The van der Waals surface area contributed by atoms with E-state index in [1.165, 1.54) is 6.20 Å². The molecule has 1 N–H and O–H groups in total. The summed E-state index contributed by atoms with van der Waals surface area (Å²) in [6.45, 7) is 1.65. The summed E-state index contributed by atoms with van der Waals surface area (Å²) in [5.41, 5.74) is 1.47. The number of aromatic nitrogens is 1. The minimum absolute atomic E-state index is 0.0159. The van der Waals surface area contributed by atoms with E-state index in [1.54, 1.807) is 25.1 Å². The fourth-order valence-electron chi connectivity index (χ4n) is 1.58. The number of nitrogens with one attached hydrogen (secondary N) is 1. The molecular formula is C13H13N3O3. The first-order chi connectivity index (χ1) is 9.10. The SMILES string of the molecule is CNc1ccc(Oc2cc(C)c([N+](=O)[O-])cn2)cc1. The van der Waals surface area contributed by atoms with Crippen LogP contribution in [0, 0.1) is 17.0 Å². The van der Waals surface area contributed by atoms with Crippen molar-refractivity contribution in [2.24, 2.45) is 0 Å². The molecule has 6 nitrogen and oxygen atoms in total. The number of anilines is 1. The van der Waals surface area contributed by atoms with Gasteiger partial charge in [0, 0.05) is 24.4 Å². The average molecular weight is 259 g/mol. The molecule has 0 bridgehead atoms. The van der Waals surface area contributed by atoms with Gasteiger partial charge in [-0.15, -0.1) is 0 Å². The van der Waals surface area contributed by atoms with Crippen LogP contribution in [0.15, 0.2) is 36.5 Å². The topological polar surface area (TPSA) is 77.3 Å². The van der Waals surface area contributed by atoms with Gasteiger partial charge >= 0.3 is 0 Å². The molecule has 0 aliphatic rings.